The van der Waals surface area contributed by atoms with Gasteiger partial charge in [0.25, 0.3) is 11.8 Å². The van der Waals surface area contributed by atoms with E-state index in [1.165, 1.54) is 16.7 Å². The number of nitrogens with one attached hydrogen (secondary N) is 2. The summed E-state index contributed by atoms with van der Waals surface area (Å²) in [5, 5.41) is 8.61. The molecular formula is C65H57N3O7PS+. The monoisotopic (exact) mass is 1050 g/mol. The van der Waals surface area contributed by atoms with Gasteiger partial charge in [0.15, 0.2) is 12.2 Å². The minimum absolute atomic E-state index is 0.0585. The smallest absolute Gasteiger partial charge is 0.356 e. The third-order valence-corrected chi connectivity index (χ3v) is 19.7. The van der Waals surface area contributed by atoms with Gasteiger partial charge in [-0.1, -0.05) is 194 Å². The summed E-state index contributed by atoms with van der Waals surface area (Å²) in [5.74, 6) is -2.20. The first kappa shape index (κ1) is 52.1. The van der Waals surface area contributed by atoms with Crippen molar-refractivity contribution in [3.8, 4) is 0 Å². The maximum absolute atomic E-state index is 15.4. The number of fused-ring (bicyclic) bond motifs is 1. The Kier molecular flexibility index (Phi) is 16.6. The molecule has 3 amide bonds. The minimum atomic E-state index is -2.57. The summed E-state index contributed by atoms with van der Waals surface area (Å²) in [4.78, 5) is 73.5. The molecular weight excluding hydrogens is 998 g/mol. The second kappa shape index (κ2) is 24.5. The number of hydrogen-bond donors (Lipinski definition) is 2. The molecule has 3 atom stereocenters. The number of benzene rings is 8. The Balaban J connectivity index is 0.924. The van der Waals surface area contributed by atoms with E-state index >= 15 is 4.79 Å². The zero-order chi connectivity index (χ0) is 53.0. The van der Waals surface area contributed by atoms with Crippen molar-refractivity contribution >= 4 is 64.6 Å². The van der Waals surface area contributed by atoms with Crippen LogP contribution in [0, 0.1) is 0 Å². The molecule has 1 saturated heterocycles. The third-order valence-electron chi connectivity index (χ3n) is 14.0. The Morgan fingerprint density at radius 2 is 0.948 bits per heavy atom. The van der Waals surface area contributed by atoms with Crippen LogP contribution >= 0.6 is 19.0 Å². The van der Waals surface area contributed by atoms with Gasteiger partial charge in [-0.25, -0.2) is 9.59 Å². The number of esters is 2. The fraction of sp³-hybridized carbons (Fsp3) is 0.154. The molecule has 0 aromatic heterocycles. The van der Waals surface area contributed by atoms with Gasteiger partial charge in [-0.05, 0) is 83.6 Å². The van der Waals surface area contributed by atoms with Gasteiger partial charge in [-0.2, -0.15) is 0 Å². The number of nitrogens with zero attached hydrogens (tertiary/aromatic N) is 1. The van der Waals surface area contributed by atoms with Gasteiger partial charge in [-0.15, -0.1) is 11.8 Å². The second-order valence-electron chi connectivity index (χ2n) is 18.9. The summed E-state index contributed by atoms with van der Waals surface area (Å²) in [6.45, 7) is 0. The third kappa shape index (κ3) is 11.7. The molecule has 384 valence electrons. The number of carbonyl (C=O) groups is 5. The molecule has 0 bridgehead atoms. The van der Waals surface area contributed by atoms with Gasteiger partial charge in [0.1, 0.15) is 46.3 Å². The van der Waals surface area contributed by atoms with E-state index in [4.69, 9.17) is 9.47 Å². The molecule has 12 heteroatoms. The predicted octanol–water partition coefficient (Wildman–Crippen LogP) is 10.3. The second-order valence-corrected chi connectivity index (χ2v) is 23.5. The molecule has 0 saturated carbocycles. The van der Waals surface area contributed by atoms with E-state index < -0.39 is 66.6 Å². The van der Waals surface area contributed by atoms with Crippen LogP contribution in [0.25, 0.3) is 0 Å². The maximum Gasteiger partial charge on any atom is 0.356 e. The quantitative estimate of drug-likeness (QED) is 0.0438. The largest absolute Gasteiger partial charge is 0.451 e. The lowest BCUT2D eigenvalue weighted by atomic mass is 10.0. The molecule has 10 rings (SSSR count). The molecule has 0 aliphatic carbocycles. The molecule has 2 aliphatic rings. The first-order valence-corrected chi connectivity index (χ1v) is 28.8. The molecule has 2 heterocycles. The lowest BCUT2D eigenvalue weighted by molar-refractivity contribution is -0.154. The van der Waals surface area contributed by atoms with E-state index in [0.29, 0.717) is 17.5 Å². The summed E-state index contributed by atoms with van der Waals surface area (Å²) >= 11 is 1.51. The van der Waals surface area contributed by atoms with E-state index in [1.54, 1.807) is 30.3 Å². The van der Waals surface area contributed by atoms with Crippen molar-refractivity contribution in [1.29, 1.82) is 0 Å². The van der Waals surface area contributed by atoms with Crippen LogP contribution in [0.15, 0.2) is 254 Å². The molecule has 77 heavy (non-hydrogen) atoms. The van der Waals surface area contributed by atoms with E-state index in [0.717, 1.165) is 43.7 Å². The normalized spacial score (nSPS) is 15.5. The maximum atomic E-state index is 15.4. The van der Waals surface area contributed by atoms with Gasteiger partial charge < -0.3 is 20.1 Å². The molecule has 8 aromatic rings. The van der Waals surface area contributed by atoms with Gasteiger partial charge in [0.05, 0.1) is 6.16 Å². The fourth-order valence-electron chi connectivity index (χ4n) is 10.2. The Labute approximate surface area is 453 Å². The van der Waals surface area contributed by atoms with Crippen molar-refractivity contribution in [3.05, 3.63) is 282 Å². The Morgan fingerprint density at radius 3 is 1.39 bits per heavy atom. The van der Waals surface area contributed by atoms with Crippen molar-refractivity contribution < 1.29 is 33.4 Å². The van der Waals surface area contributed by atoms with Crippen LogP contribution < -0.4 is 26.5 Å². The molecule has 8 aromatic carbocycles. The number of thioether (sulfide) groups is 1. The SMILES string of the molecule is O=C(CCCC(NC(=O)c1ccccc1)C(=O)OC(c1ccccc1)c1ccccc1)NC1C(=O)N2C(C(=O)OC(c3ccccc3)c3ccccc3)=C(C[P+](c3ccccc3)(c3ccccc3)c3ccccc3)CS[C@H]12. The Bertz CT molecular complexity index is 3150. The number of rotatable bonds is 20. The first-order chi connectivity index (χ1) is 37.8. The number of carbonyl (C=O) groups excluding carboxylic acids is 5. The summed E-state index contributed by atoms with van der Waals surface area (Å²) in [5.41, 5.74) is 4.40. The van der Waals surface area contributed by atoms with Crippen LogP contribution in [0.4, 0.5) is 0 Å². The van der Waals surface area contributed by atoms with Crippen molar-refractivity contribution in [3.63, 3.8) is 0 Å². The van der Waals surface area contributed by atoms with Crippen LogP contribution in [-0.4, -0.2) is 63.9 Å². The van der Waals surface area contributed by atoms with E-state index in [1.807, 2.05) is 176 Å². The van der Waals surface area contributed by atoms with E-state index in [2.05, 4.69) is 47.0 Å². The molecule has 0 radical (unpaired) electrons. The number of β-lactam (4-membered cyclic amide) rings is 1. The highest BCUT2D eigenvalue weighted by Crippen LogP contribution is 2.58. The zero-order valence-electron chi connectivity index (χ0n) is 42.2. The molecule has 10 nitrogen and oxygen atoms in total. The summed E-state index contributed by atoms with van der Waals surface area (Å²) in [7, 11) is -2.57. The molecule has 2 aliphatic heterocycles. The van der Waals surface area contributed by atoms with Crippen molar-refractivity contribution in [1.82, 2.24) is 15.5 Å². The topological polar surface area (TPSA) is 131 Å². The zero-order valence-corrected chi connectivity index (χ0v) is 43.9. The first-order valence-electron chi connectivity index (χ1n) is 25.8. The fourth-order valence-corrected chi connectivity index (χ4v) is 16.0. The van der Waals surface area contributed by atoms with Gasteiger partial charge in [0.2, 0.25) is 5.91 Å². The van der Waals surface area contributed by atoms with Crippen molar-refractivity contribution in [2.75, 3.05) is 11.9 Å². The van der Waals surface area contributed by atoms with Crippen LogP contribution in [0.2, 0.25) is 0 Å². The predicted molar refractivity (Wildman–Crippen MR) is 305 cm³/mol. The molecule has 2 N–H and O–H groups in total. The summed E-state index contributed by atoms with van der Waals surface area (Å²) in [6, 6.07) is 75.6. The molecule has 1 fully saturated rings. The molecule has 2 unspecified atom stereocenters. The minimum Gasteiger partial charge on any atom is -0.451 e. The van der Waals surface area contributed by atoms with Gasteiger partial charge >= 0.3 is 11.9 Å². The van der Waals surface area contributed by atoms with E-state index in [-0.39, 0.29) is 25.0 Å². The highest BCUT2D eigenvalue weighted by Gasteiger charge is 2.57. The summed E-state index contributed by atoms with van der Waals surface area (Å²) < 4.78 is 12.8. The van der Waals surface area contributed by atoms with Crippen molar-refractivity contribution in [2.45, 2.75) is 48.9 Å². The highest BCUT2D eigenvalue weighted by atomic mass is 32.2. The van der Waals surface area contributed by atoms with Crippen LogP contribution in [-0.2, 0) is 28.7 Å². The Morgan fingerprint density at radius 1 is 0.545 bits per heavy atom. The van der Waals surface area contributed by atoms with Gasteiger partial charge in [-0.3, -0.25) is 19.3 Å². The number of amides is 3. The lowest BCUT2D eigenvalue weighted by Crippen LogP contribution is -2.70. The summed E-state index contributed by atoms with van der Waals surface area (Å²) in [6.07, 6.45) is -0.896. The highest BCUT2D eigenvalue weighted by molar-refractivity contribution is 8.00. The lowest BCUT2D eigenvalue weighted by Gasteiger charge is -2.50. The number of hydrogen-bond acceptors (Lipinski definition) is 8. The van der Waals surface area contributed by atoms with Crippen molar-refractivity contribution in [2.24, 2.45) is 0 Å². The van der Waals surface area contributed by atoms with E-state index in [9.17, 15) is 19.2 Å². The van der Waals surface area contributed by atoms with Crippen LogP contribution in [0.1, 0.15) is 64.1 Å². The van der Waals surface area contributed by atoms with Crippen LogP contribution in [0.5, 0.6) is 0 Å². The standard InChI is InChI=1S/C65H56N3O7PS/c69-56(43-25-42-55(66-61(70)50-34-17-5-18-35-50)64(72)74-59(46-26-9-1-10-27-46)47-28-11-2-12-29-47)67-57-62(71)68-58(65(73)75-60(48-30-13-3-14-31-48)49-32-15-4-16-33-49)51(45-77-63(57)68)44-76(52-36-19-6-20-37-52,53-38-21-7-22-39-53)54-40-23-8-24-41-54/h1-24,26-41,55,57,59-60,63H,25,42-45H2,(H-,66,67,69,70)/p+1/t55?,57?,63-/m1/s1. The average Bonchev–Trinajstić information content (AvgIpc) is 3.61. The number of ether oxygens (including phenoxy) is 2. The Hall–Kier alpha value is -8.37. The average molecular weight is 1060 g/mol. The van der Waals surface area contributed by atoms with Gasteiger partial charge in [0, 0.05) is 23.3 Å². The van der Waals surface area contributed by atoms with Crippen LogP contribution in [0.3, 0.4) is 0 Å². The molecule has 0 spiro atoms.